The molecule has 1 heterocycles. The van der Waals surface area contributed by atoms with Crippen LogP contribution >= 0.6 is 0 Å². The number of sulfonamides is 1. The first-order chi connectivity index (χ1) is 8.00. The zero-order chi connectivity index (χ0) is 12.9. The molecule has 0 aromatic carbocycles. The Morgan fingerprint density at radius 2 is 2.06 bits per heavy atom. The van der Waals surface area contributed by atoms with Crippen LogP contribution in [0.2, 0.25) is 0 Å². The van der Waals surface area contributed by atoms with Crippen LogP contribution in [-0.2, 0) is 10.0 Å². The molecular weight excluding hydrogens is 236 g/mol. The predicted octanol–water partition coefficient (Wildman–Crippen LogP) is 1.58. The van der Waals surface area contributed by atoms with Gasteiger partial charge in [0.05, 0.1) is 5.25 Å². The van der Waals surface area contributed by atoms with Gasteiger partial charge in [-0.05, 0) is 39.7 Å². The molecule has 1 N–H and O–H groups in total. The van der Waals surface area contributed by atoms with E-state index in [0.29, 0.717) is 6.54 Å². The summed E-state index contributed by atoms with van der Waals surface area (Å²) >= 11 is 0. The van der Waals surface area contributed by atoms with Crippen molar-refractivity contribution in [3.8, 4) is 0 Å². The molecule has 1 aliphatic rings. The van der Waals surface area contributed by atoms with E-state index >= 15 is 0 Å². The highest BCUT2D eigenvalue weighted by Crippen LogP contribution is 2.22. The summed E-state index contributed by atoms with van der Waals surface area (Å²) < 4.78 is 26.2. The van der Waals surface area contributed by atoms with Crippen LogP contribution in [0.4, 0.5) is 0 Å². The van der Waals surface area contributed by atoms with Gasteiger partial charge in [0.2, 0.25) is 10.0 Å². The molecule has 102 valence electrons. The Hall–Kier alpha value is -0.130. The molecule has 1 unspecified atom stereocenters. The fourth-order valence-corrected chi connectivity index (χ4v) is 3.75. The first-order valence-electron chi connectivity index (χ1n) is 6.71. The summed E-state index contributed by atoms with van der Waals surface area (Å²) in [4.78, 5) is 0. The van der Waals surface area contributed by atoms with E-state index in [1.807, 2.05) is 0 Å². The van der Waals surface area contributed by atoms with Crippen LogP contribution in [0.5, 0.6) is 0 Å². The number of nitrogens with zero attached hydrogens (tertiary/aromatic N) is 1. The maximum atomic E-state index is 12.2. The van der Waals surface area contributed by atoms with Crippen LogP contribution in [0, 0.1) is 0 Å². The van der Waals surface area contributed by atoms with Crippen molar-refractivity contribution in [2.24, 2.45) is 0 Å². The van der Waals surface area contributed by atoms with Gasteiger partial charge in [-0.2, -0.15) is 4.31 Å². The maximum absolute atomic E-state index is 12.2. The van der Waals surface area contributed by atoms with Crippen LogP contribution in [-0.4, -0.2) is 43.6 Å². The monoisotopic (exact) mass is 262 g/mol. The Morgan fingerprint density at radius 3 is 2.65 bits per heavy atom. The molecule has 0 amide bonds. The zero-order valence-electron chi connectivity index (χ0n) is 11.3. The molecule has 1 rings (SSSR count). The molecule has 5 heteroatoms. The van der Waals surface area contributed by atoms with Gasteiger partial charge in [0.15, 0.2) is 0 Å². The van der Waals surface area contributed by atoms with Crippen LogP contribution in [0.3, 0.4) is 0 Å². The van der Waals surface area contributed by atoms with Crippen LogP contribution < -0.4 is 5.32 Å². The highest BCUT2D eigenvalue weighted by molar-refractivity contribution is 7.89. The van der Waals surface area contributed by atoms with Crippen LogP contribution in [0.15, 0.2) is 0 Å². The third-order valence-electron chi connectivity index (χ3n) is 3.30. The number of nitrogens with one attached hydrogen (secondary N) is 1. The highest BCUT2D eigenvalue weighted by atomic mass is 32.2. The molecule has 0 bridgehead atoms. The topological polar surface area (TPSA) is 49.4 Å². The lowest BCUT2D eigenvalue weighted by molar-refractivity contribution is 0.244. The molecule has 4 nitrogen and oxygen atoms in total. The van der Waals surface area contributed by atoms with E-state index < -0.39 is 10.0 Å². The Labute approximate surface area is 106 Å². The smallest absolute Gasteiger partial charge is 0.216 e. The summed E-state index contributed by atoms with van der Waals surface area (Å²) in [6.07, 6.45) is 4.21. The van der Waals surface area contributed by atoms with Crippen molar-refractivity contribution in [1.82, 2.24) is 9.62 Å². The van der Waals surface area contributed by atoms with Gasteiger partial charge >= 0.3 is 0 Å². The minimum absolute atomic E-state index is 0.155. The average Bonchev–Trinajstić information content (AvgIpc) is 2.29. The Kier molecular flexibility index (Phi) is 5.89. The van der Waals surface area contributed by atoms with E-state index in [0.717, 1.165) is 38.8 Å². The van der Waals surface area contributed by atoms with Gasteiger partial charge in [-0.15, -0.1) is 0 Å². The standard InChI is InChI=1S/C12H26N2O2S/c1-4-8-13-10-12-7-5-6-9-14(12)17(15,16)11(2)3/h11-13H,4-10H2,1-3H3. The minimum Gasteiger partial charge on any atom is -0.315 e. The molecule has 1 saturated heterocycles. The second-order valence-corrected chi connectivity index (χ2v) is 7.50. The molecule has 0 aromatic rings. The normalized spacial score (nSPS) is 23.2. The zero-order valence-corrected chi connectivity index (χ0v) is 12.1. The lowest BCUT2D eigenvalue weighted by atomic mass is 10.1. The summed E-state index contributed by atoms with van der Waals surface area (Å²) in [5.74, 6) is 0. The third kappa shape index (κ3) is 3.93. The van der Waals surface area contributed by atoms with E-state index in [1.165, 1.54) is 0 Å². The van der Waals surface area contributed by atoms with Gasteiger partial charge in [-0.1, -0.05) is 13.3 Å². The fourth-order valence-electron chi connectivity index (χ4n) is 2.23. The van der Waals surface area contributed by atoms with Crippen LogP contribution in [0.1, 0.15) is 46.5 Å². The Balaban J connectivity index is 2.66. The summed E-state index contributed by atoms with van der Waals surface area (Å²) in [5, 5.41) is 3.03. The lowest BCUT2D eigenvalue weighted by Gasteiger charge is -2.36. The summed E-state index contributed by atoms with van der Waals surface area (Å²) in [6, 6.07) is 0.155. The first-order valence-corrected chi connectivity index (χ1v) is 8.21. The first kappa shape index (κ1) is 14.9. The van der Waals surface area contributed by atoms with E-state index in [-0.39, 0.29) is 11.3 Å². The van der Waals surface area contributed by atoms with Gasteiger partial charge in [-0.3, -0.25) is 0 Å². The van der Waals surface area contributed by atoms with Crippen molar-refractivity contribution in [2.45, 2.75) is 57.7 Å². The Morgan fingerprint density at radius 1 is 1.35 bits per heavy atom. The van der Waals surface area contributed by atoms with E-state index in [1.54, 1.807) is 18.2 Å². The van der Waals surface area contributed by atoms with Gasteiger partial charge in [0.25, 0.3) is 0 Å². The third-order valence-corrected chi connectivity index (χ3v) is 5.63. The molecule has 1 fully saturated rings. The summed E-state index contributed by atoms with van der Waals surface area (Å²) in [5.41, 5.74) is 0. The molecule has 1 aliphatic heterocycles. The average molecular weight is 262 g/mol. The van der Waals surface area contributed by atoms with Crippen molar-refractivity contribution >= 4 is 10.0 Å². The molecule has 17 heavy (non-hydrogen) atoms. The van der Waals surface area contributed by atoms with Crippen molar-refractivity contribution in [2.75, 3.05) is 19.6 Å². The molecule has 0 radical (unpaired) electrons. The number of piperidine rings is 1. The molecule has 0 aromatic heterocycles. The second kappa shape index (κ2) is 6.71. The molecular formula is C12H26N2O2S. The number of hydrogen-bond acceptors (Lipinski definition) is 3. The van der Waals surface area contributed by atoms with Crippen molar-refractivity contribution < 1.29 is 8.42 Å². The lowest BCUT2D eigenvalue weighted by Crippen LogP contribution is -2.50. The molecule has 1 atom stereocenters. The van der Waals surface area contributed by atoms with E-state index in [2.05, 4.69) is 12.2 Å². The van der Waals surface area contributed by atoms with Gasteiger partial charge in [0.1, 0.15) is 0 Å². The fraction of sp³-hybridized carbons (Fsp3) is 1.00. The Bertz CT molecular complexity index is 314. The van der Waals surface area contributed by atoms with Gasteiger partial charge in [0, 0.05) is 19.1 Å². The molecule has 0 spiro atoms. The largest absolute Gasteiger partial charge is 0.315 e. The van der Waals surface area contributed by atoms with Crippen molar-refractivity contribution in [3.63, 3.8) is 0 Å². The maximum Gasteiger partial charge on any atom is 0.216 e. The molecule has 0 saturated carbocycles. The molecule has 0 aliphatic carbocycles. The van der Waals surface area contributed by atoms with Crippen LogP contribution in [0.25, 0.3) is 0 Å². The summed E-state index contributed by atoms with van der Waals surface area (Å²) in [7, 11) is -3.09. The van der Waals surface area contributed by atoms with Gasteiger partial charge in [-0.25, -0.2) is 8.42 Å². The predicted molar refractivity (Wildman–Crippen MR) is 71.6 cm³/mol. The summed E-state index contributed by atoms with van der Waals surface area (Å²) in [6.45, 7) is 8.10. The van der Waals surface area contributed by atoms with Gasteiger partial charge < -0.3 is 5.32 Å². The number of rotatable bonds is 6. The quantitative estimate of drug-likeness (QED) is 0.739. The van der Waals surface area contributed by atoms with E-state index in [9.17, 15) is 8.42 Å². The highest BCUT2D eigenvalue weighted by Gasteiger charge is 2.33. The minimum atomic E-state index is -3.09. The van der Waals surface area contributed by atoms with Crippen molar-refractivity contribution in [1.29, 1.82) is 0 Å². The van der Waals surface area contributed by atoms with Crippen molar-refractivity contribution in [3.05, 3.63) is 0 Å². The second-order valence-electron chi connectivity index (χ2n) is 5.06. The van der Waals surface area contributed by atoms with E-state index in [4.69, 9.17) is 0 Å². The number of hydrogen-bond donors (Lipinski definition) is 1. The SMILES string of the molecule is CCCNCC1CCCCN1S(=O)(=O)C(C)C.